The first-order valence-corrected chi connectivity index (χ1v) is 8.47. The van der Waals surface area contributed by atoms with Crippen molar-refractivity contribution in [1.82, 2.24) is 0 Å². The average Bonchev–Trinajstić information content (AvgIpc) is 2.53. The van der Waals surface area contributed by atoms with Gasteiger partial charge < -0.3 is 20.5 Å². The first kappa shape index (κ1) is 19.4. The van der Waals surface area contributed by atoms with Crippen molar-refractivity contribution in [2.24, 2.45) is 5.73 Å². The largest absolute Gasteiger partial charge is 0.505 e. The lowest BCUT2D eigenvalue weighted by molar-refractivity contribution is -0.149. The van der Waals surface area contributed by atoms with E-state index in [9.17, 15) is 15.2 Å². The first-order valence-electron chi connectivity index (χ1n) is 8.47. The van der Waals surface area contributed by atoms with E-state index in [1.807, 2.05) is 13.8 Å². The van der Waals surface area contributed by atoms with Crippen LogP contribution in [0.15, 0.2) is 35.7 Å². The summed E-state index contributed by atoms with van der Waals surface area (Å²) in [5.74, 6) is -0.481. The molecule has 0 aliphatic carbocycles. The number of carbonyl (C=O) groups excluding carboxylic acids is 1. The van der Waals surface area contributed by atoms with Gasteiger partial charge in [0.1, 0.15) is 17.0 Å². The van der Waals surface area contributed by atoms with Crippen molar-refractivity contribution < 1.29 is 14.6 Å². The molecule has 0 fully saturated rings. The van der Waals surface area contributed by atoms with Crippen molar-refractivity contribution in [1.29, 1.82) is 5.26 Å². The Labute approximate surface area is 154 Å². The number of esters is 1. The number of hydrogen-bond donors (Lipinski definition) is 2. The molecule has 0 bridgehead atoms. The maximum Gasteiger partial charge on any atom is 0.355 e. The van der Waals surface area contributed by atoms with Crippen LogP contribution in [0.2, 0.25) is 0 Å². The van der Waals surface area contributed by atoms with E-state index in [4.69, 9.17) is 10.5 Å². The molecule has 0 spiro atoms. The predicted octanol–water partition coefficient (Wildman–Crippen LogP) is 3.28. The highest BCUT2D eigenvalue weighted by atomic mass is 16.6. The molecule has 6 nitrogen and oxygen atoms in total. The van der Waals surface area contributed by atoms with E-state index in [-0.39, 0.29) is 23.9 Å². The second-order valence-electron chi connectivity index (χ2n) is 7.58. The third-order valence-electron chi connectivity index (χ3n) is 3.86. The van der Waals surface area contributed by atoms with Crippen LogP contribution in [-0.2, 0) is 9.53 Å². The molecule has 1 aromatic carbocycles. The number of benzene rings is 1. The average molecular weight is 355 g/mol. The highest BCUT2D eigenvalue weighted by Gasteiger charge is 2.29. The molecule has 26 heavy (non-hydrogen) atoms. The van der Waals surface area contributed by atoms with Gasteiger partial charge >= 0.3 is 5.97 Å². The quantitative estimate of drug-likeness (QED) is 0.807. The Morgan fingerprint density at radius 1 is 1.35 bits per heavy atom. The zero-order valence-corrected chi connectivity index (χ0v) is 15.8. The molecule has 0 radical (unpaired) electrons. The standard InChI is InChI=1S/C20H25N3O3/c1-12(2)15-8-13(10-21)9-17(18(15)24)23-11-14(22)6-7-16(23)19(25)26-20(3,4)5/h6-9,12,24H,11,22H2,1-5H3. The maximum atomic E-state index is 12.6. The minimum absolute atomic E-state index is 0.00804. The molecular weight excluding hydrogens is 330 g/mol. The van der Waals surface area contributed by atoms with Gasteiger partial charge in [-0.1, -0.05) is 13.8 Å². The third-order valence-corrected chi connectivity index (χ3v) is 3.86. The lowest BCUT2D eigenvalue weighted by atomic mass is 9.97. The van der Waals surface area contributed by atoms with Gasteiger partial charge in [0.25, 0.3) is 0 Å². The SMILES string of the molecule is CC(C)c1cc(C#N)cc(N2CC(N)=CC=C2C(=O)OC(C)(C)C)c1O. The van der Waals surface area contributed by atoms with E-state index >= 15 is 0 Å². The minimum atomic E-state index is -0.657. The van der Waals surface area contributed by atoms with Gasteiger partial charge in [-0.15, -0.1) is 0 Å². The number of anilines is 1. The van der Waals surface area contributed by atoms with Crippen LogP contribution in [0.25, 0.3) is 0 Å². The number of nitriles is 1. The number of aromatic hydroxyl groups is 1. The second-order valence-corrected chi connectivity index (χ2v) is 7.58. The highest BCUT2D eigenvalue weighted by molar-refractivity contribution is 5.95. The predicted molar refractivity (Wildman–Crippen MR) is 100 cm³/mol. The van der Waals surface area contributed by atoms with E-state index < -0.39 is 11.6 Å². The fourth-order valence-electron chi connectivity index (χ4n) is 2.67. The molecule has 2 rings (SSSR count). The Kier molecular flexibility index (Phi) is 5.31. The molecule has 1 aliphatic rings. The zero-order valence-electron chi connectivity index (χ0n) is 15.8. The van der Waals surface area contributed by atoms with E-state index in [2.05, 4.69) is 6.07 Å². The number of phenols is 1. The molecule has 0 aromatic heterocycles. The van der Waals surface area contributed by atoms with Crippen LogP contribution in [-0.4, -0.2) is 23.2 Å². The number of nitrogens with two attached hydrogens (primary N) is 1. The summed E-state index contributed by atoms with van der Waals surface area (Å²) >= 11 is 0. The molecule has 1 heterocycles. The lowest BCUT2D eigenvalue weighted by Gasteiger charge is -2.32. The van der Waals surface area contributed by atoms with Crippen LogP contribution < -0.4 is 10.6 Å². The van der Waals surface area contributed by atoms with Gasteiger partial charge in [0.05, 0.1) is 23.9 Å². The zero-order chi connectivity index (χ0) is 19.6. The van der Waals surface area contributed by atoms with Crippen LogP contribution in [0, 0.1) is 11.3 Å². The van der Waals surface area contributed by atoms with Crippen molar-refractivity contribution in [3.05, 3.63) is 46.8 Å². The monoisotopic (exact) mass is 355 g/mol. The number of phenolic OH excluding ortho intramolecular Hbond substituents is 1. The number of rotatable bonds is 3. The summed E-state index contributed by atoms with van der Waals surface area (Å²) in [6.45, 7) is 9.42. The van der Waals surface area contributed by atoms with Crippen molar-refractivity contribution >= 4 is 11.7 Å². The summed E-state index contributed by atoms with van der Waals surface area (Å²) in [7, 11) is 0. The van der Waals surface area contributed by atoms with Gasteiger partial charge in [-0.05, 0) is 56.5 Å². The number of nitrogens with zero attached hydrogens (tertiary/aromatic N) is 2. The van der Waals surface area contributed by atoms with Gasteiger partial charge in [0.2, 0.25) is 0 Å². The van der Waals surface area contributed by atoms with Crippen LogP contribution in [0.5, 0.6) is 5.75 Å². The van der Waals surface area contributed by atoms with Crippen LogP contribution in [0.1, 0.15) is 51.7 Å². The lowest BCUT2D eigenvalue weighted by Crippen LogP contribution is -2.37. The molecule has 6 heteroatoms. The Morgan fingerprint density at radius 3 is 2.54 bits per heavy atom. The second kappa shape index (κ2) is 7.12. The van der Waals surface area contributed by atoms with Gasteiger partial charge in [0, 0.05) is 5.70 Å². The summed E-state index contributed by atoms with van der Waals surface area (Å²) in [4.78, 5) is 14.2. The number of hydrogen-bond acceptors (Lipinski definition) is 6. The third kappa shape index (κ3) is 4.17. The van der Waals surface area contributed by atoms with Crippen LogP contribution >= 0.6 is 0 Å². The summed E-state index contributed by atoms with van der Waals surface area (Å²) in [6.07, 6.45) is 3.21. The normalized spacial score (nSPS) is 14.6. The number of ether oxygens (including phenoxy) is 1. The van der Waals surface area contributed by atoms with Crippen molar-refractivity contribution in [2.45, 2.75) is 46.1 Å². The fraction of sp³-hybridized carbons (Fsp3) is 0.400. The van der Waals surface area contributed by atoms with Crippen molar-refractivity contribution in [2.75, 3.05) is 11.4 Å². The first-order chi connectivity index (χ1) is 12.0. The molecule has 3 N–H and O–H groups in total. The molecule has 0 amide bonds. The fourth-order valence-corrected chi connectivity index (χ4v) is 2.67. The van der Waals surface area contributed by atoms with E-state index in [0.717, 1.165) is 0 Å². The Morgan fingerprint density at radius 2 is 2.00 bits per heavy atom. The molecule has 1 aromatic rings. The van der Waals surface area contributed by atoms with Crippen molar-refractivity contribution in [3.63, 3.8) is 0 Å². The van der Waals surface area contributed by atoms with E-state index in [0.29, 0.717) is 22.5 Å². The minimum Gasteiger partial charge on any atom is -0.505 e. The van der Waals surface area contributed by atoms with Gasteiger partial charge in [-0.3, -0.25) is 0 Å². The van der Waals surface area contributed by atoms with Gasteiger partial charge in [-0.2, -0.15) is 5.26 Å². The van der Waals surface area contributed by atoms with Crippen LogP contribution in [0.3, 0.4) is 0 Å². The maximum absolute atomic E-state index is 12.6. The molecule has 138 valence electrons. The summed E-state index contributed by atoms with van der Waals surface area (Å²) in [5.41, 5.74) is 7.48. The van der Waals surface area contributed by atoms with Gasteiger partial charge in [0.15, 0.2) is 0 Å². The molecule has 0 atom stereocenters. The highest BCUT2D eigenvalue weighted by Crippen LogP contribution is 2.39. The smallest absolute Gasteiger partial charge is 0.355 e. The topological polar surface area (TPSA) is 99.6 Å². The Bertz CT molecular complexity index is 824. The molecule has 1 aliphatic heterocycles. The summed E-state index contributed by atoms with van der Waals surface area (Å²) < 4.78 is 5.47. The van der Waals surface area contributed by atoms with Crippen molar-refractivity contribution in [3.8, 4) is 11.8 Å². The van der Waals surface area contributed by atoms with E-state index in [1.54, 1.807) is 50.0 Å². The Hall–Kier alpha value is -2.94. The summed E-state index contributed by atoms with van der Waals surface area (Å²) in [6, 6.07) is 5.31. The summed E-state index contributed by atoms with van der Waals surface area (Å²) in [5, 5.41) is 20.1. The number of carbonyl (C=O) groups is 1. The van der Waals surface area contributed by atoms with E-state index in [1.165, 1.54) is 0 Å². The molecular formula is C20H25N3O3. The molecule has 0 saturated carbocycles. The van der Waals surface area contributed by atoms with Gasteiger partial charge in [-0.25, -0.2) is 4.79 Å². The number of allylic oxidation sites excluding steroid dienone is 2. The van der Waals surface area contributed by atoms with Crippen LogP contribution in [0.4, 0.5) is 5.69 Å². The molecule has 0 saturated heterocycles. The Balaban J connectivity index is 2.57. The molecule has 0 unspecified atom stereocenters.